The molecule has 2 aliphatic rings. The third-order valence-corrected chi connectivity index (χ3v) is 5.15. The molecule has 0 amide bonds. The molecule has 146 valence electrons. The van der Waals surface area contributed by atoms with Crippen LogP contribution < -0.4 is 0 Å². The SMILES string of the molecule is CC(=O)CCOC(C)COCCCC(=O)OCC1C2CCC#CCCC21. The van der Waals surface area contributed by atoms with Gasteiger partial charge in [0, 0.05) is 32.3 Å². The summed E-state index contributed by atoms with van der Waals surface area (Å²) in [6.45, 7) is 5.45. The highest BCUT2D eigenvalue weighted by Crippen LogP contribution is 2.52. The van der Waals surface area contributed by atoms with Crippen molar-refractivity contribution in [1.82, 2.24) is 0 Å². The van der Waals surface area contributed by atoms with Crippen LogP contribution in [-0.4, -0.2) is 44.3 Å². The standard InChI is InChI=1S/C21H32O5/c1-16(22)11-13-25-17(2)14-24-12-7-10-21(23)26-15-20-18-8-5-3-4-6-9-19(18)20/h17-20H,5-15H2,1-2H3. The number of hydrogen-bond acceptors (Lipinski definition) is 5. The Labute approximate surface area is 157 Å². The Balaban J connectivity index is 1.44. The second-order valence-corrected chi connectivity index (χ2v) is 7.42. The smallest absolute Gasteiger partial charge is 0.305 e. The average molecular weight is 364 g/mol. The number of esters is 1. The Morgan fingerprint density at radius 3 is 2.42 bits per heavy atom. The summed E-state index contributed by atoms with van der Waals surface area (Å²) in [5.74, 6) is 8.37. The molecule has 5 heteroatoms. The minimum atomic E-state index is -0.130. The van der Waals surface area contributed by atoms with E-state index in [0.29, 0.717) is 63.4 Å². The molecule has 1 fully saturated rings. The third kappa shape index (κ3) is 7.88. The summed E-state index contributed by atoms with van der Waals surface area (Å²) in [4.78, 5) is 22.7. The summed E-state index contributed by atoms with van der Waals surface area (Å²) >= 11 is 0. The van der Waals surface area contributed by atoms with Crippen LogP contribution in [0.25, 0.3) is 0 Å². The Hall–Kier alpha value is -1.38. The summed E-state index contributed by atoms with van der Waals surface area (Å²) < 4.78 is 16.4. The van der Waals surface area contributed by atoms with Crippen molar-refractivity contribution >= 4 is 11.8 Å². The van der Waals surface area contributed by atoms with Crippen molar-refractivity contribution in [3.05, 3.63) is 0 Å². The first-order valence-electron chi connectivity index (χ1n) is 9.88. The molecule has 3 atom stereocenters. The van der Waals surface area contributed by atoms with E-state index in [-0.39, 0.29) is 17.9 Å². The van der Waals surface area contributed by atoms with E-state index in [9.17, 15) is 9.59 Å². The number of carbonyl (C=O) groups is 2. The molecular weight excluding hydrogens is 332 g/mol. The van der Waals surface area contributed by atoms with Gasteiger partial charge in [0.15, 0.2) is 0 Å². The number of hydrogen-bond donors (Lipinski definition) is 0. The first-order chi connectivity index (χ1) is 12.6. The van der Waals surface area contributed by atoms with Gasteiger partial charge in [-0.1, -0.05) is 0 Å². The van der Waals surface area contributed by atoms with Gasteiger partial charge in [0.1, 0.15) is 5.78 Å². The number of Topliss-reactive ketones (excluding diaryl/α,β-unsaturated/α-hetero) is 1. The molecule has 0 saturated heterocycles. The lowest BCUT2D eigenvalue weighted by molar-refractivity contribution is -0.144. The highest BCUT2D eigenvalue weighted by molar-refractivity contribution is 5.75. The quantitative estimate of drug-likeness (QED) is 0.302. The van der Waals surface area contributed by atoms with Crippen molar-refractivity contribution < 1.29 is 23.8 Å². The Kier molecular flexibility index (Phi) is 9.14. The Bertz CT molecular complexity index is 500. The predicted molar refractivity (Wildman–Crippen MR) is 98.4 cm³/mol. The molecular formula is C21H32O5. The molecule has 0 N–H and O–H groups in total. The zero-order valence-electron chi connectivity index (χ0n) is 16.1. The zero-order valence-corrected chi connectivity index (χ0v) is 16.1. The molecule has 1 saturated carbocycles. The summed E-state index contributed by atoms with van der Waals surface area (Å²) in [5, 5.41) is 0. The van der Waals surface area contributed by atoms with E-state index >= 15 is 0 Å². The number of ether oxygens (including phenoxy) is 3. The van der Waals surface area contributed by atoms with Gasteiger partial charge in [-0.05, 0) is 50.9 Å². The predicted octanol–water partition coefficient (Wildman–Crippen LogP) is 3.15. The van der Waals surface area contributed by atoms with Crippen molar-refractivity contribution in [2.24, 2.45) is 17.8 Å². The fourth-order valence-corrected chi connectivity index (χ4v) is 3.56. The maximum Gasteiger partial charge on any atom is 0.305 e. The van der Waals surface area contributed by atoms with Gasteiger partial charge in [-0.15, -0.1) is 11.8 Å². The molecule has 0 radical (unpaired) electrons. The van der Waals surface area contributed by atoms with Crippen molar-refractivity contribution in [3.8, 4) is 11.8 Å². The van der Waals surface area contributed by atoms with Gasteiger partial charge in [-0.2, -0.15) is 0 Å². The van der Waals surface area contributed by atoms with Crippen LogP contribution in [0.15, 0.2) is 0 Å². The van der Waals surface area contributed by atoms with Crippen LogP contribution in [0.3, 0.4) is 0 Å². The summed E-state index contributed by atoms with van der Waals surface area (Å²) in [6, 6.07) is 0. The van der Waals surface area contributed by atoms with E-state index in [1.54, 1.807) is 6.92 Å². The van der Waals surface area contributed by atoms with Gasteiger partial charge >= 0.3 is 5.97 Å². The van der Waals surface area contributed by atoms with Gasteiger partial charge in [0.25, 0.3) is 0 Å². The van der Waals surface area contributed by atoms with Crippen molar-refractivity contribution in [3.63, 3.8) is 0 Å². The topological polar surface area (TPSA) is 61.8 Å². The van der Waals surface area contributed by atoms with Gasteiger partial charge in [-0.25, -0.2) is 0 Å². The Morgan fingerprint density at radius 1 is 1.08 bits per heavy atom. The van der Waals surface area contributed by atoms with E-state index in [0.717, 1.165) is 25.7 Å². The lowest BCUT2D eigenvalue weighted by Crippen LogP contribution is -2.18. The zero-order chi connectivity index (χ0) is 18.8. The lowest BCUT2D eigenvalue weighted by Gasteiger charge is -2.12. The van der Waals surface area contributed by atoms with Crippen molar-refractivity contribution in [1.29, 1.82) is 0 Å². The maximum atomic E-state index is 11.9. The fraction of sp³-hybridized carbons (Fsp3) is 0.810. The second kappa shape index (κ2) is 11.4. The highest BCUT2D eigenvalue weighted by Gasteiger charge is 2.49. The molecule has 26 heavy (non-hydrogen) atoms. The molecule has 2 rings (SSSR count). The molecule has 0 aliphatic heterocycles. The normalized spacial score (nSPS) is 25.1. The summed E-state index contributed by atoms with van der Waals surface area (Å²) in [7, 11) is 0. The number of fused-ring (bicyclic) bond motifs is 1. The van der Waals surface area contributed by atoms with E-state index in [2.05, 4.69) is 11.8 Å². The average Bonchev–Trinajstić information content (AvgIpc) is 3.21. The second-order valence-electron chi connectivity index (χ2n) is 7.42. The first kappa shape index (κ1) is 20.9. The van der Waals surface area contributed by atoms with Crippen molar-refractivity contribution in [2.75, 3.05) is 26.4 Å². The first-order valence-corrected chi connectivity index (χ1v) is 9.88. The number of ketones is 1. The highest BCUT2D eigenvalue weighted by atomic mass is 16.5. The van der Waals surface area contributed by atoms with E-state index in [1.165, 1.54) is 0 Å². The Morgan fingerprint density at radius 2 is 1.77 bits per heavy atom. The van der Waals surface area contributed by atoms with E-state index in [1.807, 2.05) is 6.92 Å². The van der Waals surface area contributed by atoms with Crippen LogP contribution in [0.4, 0.5) is 0 Å². The van der Waals surface area contributed by atoms with Crippen LogP contribution in [0.5, 0.6) is 0 Å². The number of carbonyl (C=O) groups excluding carboxylic acids is 2. The minimum Gasteiger partial charge on any atom is -0.465 e. The van der Waals surface area contributed by atoms with Crippen molar-refractivity contribution in [2.45, 2.75) is 64.9 Å². The van der Waals surface area contributed by atoms with Crippen LogP contribution in [0.1, 0.15) is 58.8 Å². The van der Waals surface area contributed by atoms with Gasteiger partial charge in [0.05, 0.1) is 25.9 Å². The third-order valence-electron chi connectivity index (χ3n) is 5.15. The molecule has 0 aromatic rings. The summed E-state index contributed by atoms with van der Waals surface area (Å²) in [5.41, 5.74) is 0. The van der Waals surface area contributed by atoms with E-state index in [4.69, 9.17) is 14.2 Å². The van der Waals surface area contributed by atoms with Crippen LogP contribution in [-0.2, 0) is 23.8 Å². The van der Waals surface area contributed by atoms with Crippen LogP contribution in [0.2, 0.25) is 0 Å². The van der Waals surface area contributed by atoms with Gasteiger partial charge in [-0.3, -0.25) is 9.59 Å². The molecule has 0 spiro atoms. The summed E-state index contributed by atoms with van der Waals surface area (Å²) in [6.07, 6.45) is 5.72. The van der Waals surface area contributed by atoms with E-state index < -0.39 is 0 Å². The molecule has 2 aliphatic carbocycles. The molecule has 5 nitrogen and oxygen atoms in total. The molecule has 0 aromatic carbocycles. The molecule has 0 aromatic heterocycles. The van der Waals surface area contributed by atoms with Gasteiger partial charge < -0.3 is 14.2 Å². The monoisotopic (exact) mass is 364 g/mol. The number of rotatable bonds is 12. The molecule has 0 heterocycles. The minimum absolute atomic E-state index is 0.0448. The van der Waals surface area contributed by atoms with Gasteiger partial charge in [0.2, 0.25) is 0 Å². The largest absolute Gasteiger partial charge is 0.465 e. The lowest BCUT2D eigenvalue weighted by atomic mass is 10.1. The fourth-order valence-electron chi connectivity index (χ4n) is 3.56. The van der Waals surface area contributed by atoms with Crippen LogP contribution in [0, 0.1) is 29.6 Å². The van der Waals surface area contributed by atoms with Crippen LogP contribution >= 0.6 is 0 Å². The molecule has 3 unspecified atom stereocenters. The maximum absolute atomic E-state index is 11.9. The molecule has 0 bridgehead atoms.